The minimum Gasteiger partial charge on any atom is -0.378 e. The number of fused-ring (bicyclic) bond motifs is 1. The number of thiophene rings is 1. The van der Waals surface area contributed by atoms with E-state index in [9.17, 15) is 4.79 Å². The van der Waals surface area contributed by atoms with E-state index in [-0.39, 0.29) is 5.91 Å². The number of ether oxygens (including phenoxy) is 1. The highest BCUT2D eigenvalue weighted by molar-refractivity contribution is 7.21. The Bertz CT molecular complexity index is 1220. The van der Waals surface area contributed by atoms with Crippen LogP contribution >= 0.6 is 11.3 Å². The Balaban J connectivity index is 1.40. The lowest BCUT2D eigenvalue weighted by molar-refractivity contribution is 0.103. The number of hydrogen-bond donors (Lipinski definition) is 1. The standard InChI is InChI=1S/C27H26N2O2S/c1-19-6-8-20(9-7-19)18-24-23-4-2-3-5-25(23)32-26(24)27(30)28-21-10-12-22(13-11-21)29-14-16-31-17-15-29/h2-13H,14-18H2,1H3,(H,28,30). The number of nitrogens with one attached hydrogen (secondary N) is 1. The first-order valence-electron chi connectivity index (χ1n) is 11.0. The molecule has 1 saturated heterocycles. The number of rotatable bonds is 5. The lowest BCUT2D eigenvalue weighted by Gasteiger charge is -2.28. The second kappa shape index (κ2) is 9.15. The molecular formula is C27H26N2O2S. The maximum Gasteiger partial charge on any atom is 0.266 e. The van der Waals surface area contributed by atoms with Gasteiger partial charge in [0.1, 0.15) is 0 Å². The van der Waals surface area contributed by atoms with Gasteiger partial charge < -0.3 is 15.0 Å². The summed E-state index contributed by atoms with van der Waals surface area (Å²) in [6.07, 6.45) is 0.739. The predicted octanol–water partition coefficient (Wildman–Crippen LogP) is 5.89. The van der Waals surface area contributed by atoms with E-state index in [2.05, 4.69) is 65.7 Å². The zero-order valence-corrected chi connectivity index (χ0v) is 19.0. The Morgan fingerprint density at radius 3 is 2.44 bits per heavy atom. The van der Waals surface area contributed by atoms with Crippen molar-refractivity contribution in [1.82, 2.24) is 0 Å². The molecule has 1 amide bonds. The molecule has 0 aliphatic carbocycles. The van der Waals surface area contributed by atoms with Crippen LogP contribution in [0, 0.1) is 6.92 Å². The van der Waals surface area contributed by atoms with Crippen molar-refractivity contribution in [2.45, 2.75) is 13.3 Å². The van der Waals surface area contributed by atoms with Crippen molar-refractivity contribution in [3.63, 3.8) is 0 Å². The van der Waals surface area contributed by atoms with Gasteiger partial charge in [-0.25, -0.2) is 0 Å². The fourth-order valence-corrected chi connectivity index (χ4v) is 5.25. The average Bonchev–Trinajstić information content (AvgIpc) is 3.20. The highest BCUT2D eigenvalue weighted by atomic mass is 32.1. The SMILES string of the molecule is Cc1ccc(Cc2c(C(=O)Nc3ccc(N4CCOCC4)cc3)sc3ccccc23)cc1. The molecular weight excluding hydrogens is 416 g/mol. The van der Waals surface area contributed by atoms with Gasteiger partial charge in [-0.3, -0.25) is 4.79 Å². The van der Waals surface area contributed by atoms with Crippen molar-refractivity contribution in [1.29, 1.82) is 0 Å². The Kier molecular flexibility index (Phi) is 5.93. The van der Waals surface area contributed by atoms with E-state index >= 15 is 0 Å². The number of carbonyl (C=O) groups is 1. The molecule has 0 saturated carbocycles. The van der Waals surface area contributed by atoms with Crippen molar-refractivity contribution in [3.05, 3.63) is 94.4 Å². The van der Waals surface area contributed by atoms with Crippen LogP contribution in [-0.2, 0) is 11.2 Å². The maximum absolute atomic E-state index is 13.3. The molecule has 1 N–H and O–H groups in total. The Labute approximate surface area is 192 Å². The summed E-state index contributed by atoms with van der Waals surface area (Å²) >= 11 is 1.57. The summed E-state index contributed by atoms with van der Waals surface area (Å²) in [7, 11) is 0. The van der Waals surface area contributed by atoms with E-state index in [1.165, 1.54) is 11.1 Å². The van der Waals surface area contributed by atoms with Gasteiger partial charge in [-0.15, -0.1) is 11.3 Å². The predicted molar refractivity (Wildman–Crippen MR) is 133 cm³/mol. The molecule has 32 heavy (non-hydrogen) atoms. The average molecular weight is 443 g/mol. The number of nitrogens with zero attached hydrogens (tertiary/aromatic N) is 1. The van der Waals surface area contributed by atoms with Crippen LogP contribution < -0.4 is 10.2 Å². The third-order valence-corrected chi connectivity index (χ3v) is 7.12. The van der Waals surface area contributed by atoms with Gasteiger partial charge in [-0.1, -0.05) is 48.0 Å². The summed E-state index contributed by atoms with van der Waals surface area (Å²) in [5.41, 5.74) is 5.52. The zero-order valence-electron chi connectivity index (χ0n) is 18.1. The number of carbonyl (C=O) groups excluding carboxylic acids is 1. The molecule has 2 heterocycles. The van der Waals surface area contributed by atoms with Crippen molar-refractivity contribution < 1.29 is 9.53 Å². The molecule has 1 aromatic heterocycles. The summed E-state index contributed by atoms with van der Waals surface area (Å²) in [5.74, 6) is -0.0487. The first-order valence-corrected chi connectivity index (χ1v) is 11.8. The first-order chi connectivity index (χ1) is 15.7. The lowest BCUT2D eigenvalue weighted by Crippen LogP contribution is -2.36. The number of morpholine rings is 1. The summed E-state index contributed by atoms with van der Waals surface area (Å²) in [5, 5.41) is 4.27. The molecule has 0 spiro atoms. The molecule has 1 aliphatic rings. The number of benzene rings is 3. The molecule has 1 aliphatic heterocycles. The van der Waals surface area contributed by atoms with Gasteiger partial charge in [-0.2, -0.15) is 0 Å². The van der Waals surface area contributed by atoms with Crippen LogP contribution in [0.4, 0.5) is 11.4 Å². The summed E-state index contributed by atoms with van der Waals surface area (Å²) < 4.78 is 6.57. The highest BCUT2D eigenvalue weighted by Gasteiger charge is 2.19. The first kappa shape index (κ1) is 20.7. The van der Waals surface area contributed by atoms with Gasteiger partial charge >= 0.3 is 0 Å². The van der Waals surface area contributed by atoms with Crippen molar-refractivity contribution >= 4 is 38.7 Å². The number of amides is 1. The second-order valence-electron chi connectivity index (χ2n) is 8.17. The van der Waals surface area contributed by atoms with Gasteiger partial charge in [-0.05, 0) is 60.2 Å². The molecule has 5 heteroatoms. The van der Waals surface area contributed by atoms with Gasteiger partial charge in [0, 0.05) is 29.2 Å². The lowest BCUT2D eigenvalue weighted by atomic mass is 10.0. The third-order valence-electron chi connectivity index (χ3n) is 5.91. The Morgan fingerprint density at radius 1 is 0.969 bits per heavy atom. The van der Waals surface area contributed by atoms with Crippen molar-refractivity contribution in [2.24, 2.45) is 0 Å². The number of aryl methyl sites for hydroxylation is 1. The molecule has 0 radical (unpaired) electrons. The fourth-order valence-electron chi connectivity index (χ4n) is 4.13. The molecule has 4 aromatic rings. The van der Waals surface area contributed by atoms with E-state index in [0.717, 1.165) is 64.6 Å². The van der Waals surface area contributed by atoms with Crippen LogP contribution in [-0.4, -0.2) is 32.2 Å². The van der Waals surface area contributed by atoms with E-state index < -0.39 is 0 Å². The van der Waals surface area contributed by atoms with Crippen LogP contribution in [0.2, 0.25) is 0 Å². The summed E-state index contributed by atoms with van der Waals surface area (Å²) in [6, 6.07) is 24.9. The molecule has 3 aromatic carbocycles. The molecule has 0 unspecified atom stereocenters. The smallest absolute Gasteiger partial charge is 0.266 e. The van der Waals surface area contributed by atoms with E-state index in [1.807, 2.05) is 24.3 Å². The van der Waals surface area contributed by atoms with Crippen molar-refractivity contribution in [3.8, 4) is 0 Å². The van der Waals surface area contributed by atoms with Crippen LogP contribution in [0.5, 0.6) is 0 Å². The maximum atomic E-state index is 13.3. The van der Waals surface area contributed by atoms with E-state index in [4.69, 9.17) is 4.74 Å². The largest absolute Gasteiger partial charge is 0.378 e. The molecule has 0 atom stereocenters. The summed E-state index contributed by atoms with van der Waals surface area (Å²) in [6.45, 7) is 5.40. The quantitative estimate of drug-likeness (QED) is 0.419. The van der Waals surface area contributed by atoms with Crippen molar-refractivity contribution in [2.75, 3.05) is 36.5 Å². The van der Waals surface area contributed by atoms with Gasteiger partial charge in [0.25, 0.3) is 5.91 Å². The zero-order chi connectivity index (χ0) is 21.9. The van der Waals surface area contributed by atoms with Crippen LogP contribution in [0.25, 0.3) is 10.1 Å². The Morgan fingerprint density at radius 2 is 1.69 bits per heavy atom. The van der Waals surface area contributed by atoms with E-state index in [1.54, 1.807) is 11.3 Å². The second-order valence-corrected chi connectivity index (χ2v) is 9.22. The van der Waals surface area contributed by atoms with Crippen LogP contribution in [0.1, 0.15) is 26.4 Å². The summed E-state index contributed by atoms with van der Waals surface area (Å²) in [4.78, 5) is 16.4. The normalized spacial score (nSPS) is 14.0. The molecule has 162 valence electrons. The van der Waals surface area contributed by atoms with Crippen LogP contribution in [0.15, 0.2) is 72.8 Å². The molecule has 0 bridgehead atoms. The van der Waals surface area contributed by atoms with Gasteiger partial charge in [0.05, 0.1) is 18.1 Å². The van der Waals surface area contributed by atoms with E-state index in [0.29, 0.717) is 0 Å². The number of hydrogen-bond acceptors (Lipinski definition) is 4. The molecule has 1 fully saturated rings. The Hall–Kier alpha value is -3.15. The minimum absolute atomic E-state index is 0.0487. The van der Waals surface area contributed by atoms with Gasteiger partial charge in [0.2, 0.25) is 0 Å². The fraction of sp³-hybridized carbons (Fsp3) is 0.222. The monoisotopic (exact) mass is 442 g/mol. The van der Waals surface area contributed by atoms with Crippen LogP contribution in [0.3, 0.4) is 0 Å². The highest BCUT2D eigenvalue weighted by Crippen LogP contribution is 2.34. The topological polar surface area (TPSA) is 41.6 Å². The van der Waals surface area contributed by atoms with Gasteiger partial charge in [0.15, 0.2) is 0 Å². The third kappa shape index (κ3) is 4.40. The minimum atomic E-state index is -0.0487. The molecule has 4 nitrogen and oxygen atoms in total. The molecule has 5 rings (SSSR count). The number of anilines is 2.